The van der Waals surface area contributed by atoms with Gasteiger partial charge in [0.1, 0.15) is 12.6 Å². The Morgan fingerprint density at radius 2 is 1.68 bits per heavy atom. The van der Waals surface area contributed by atoms with E-state index in [1.807, 2.05) is 23.1 Å². The van der Waals surface area contributed by atoms with Crippen molar-refractivity contribution in [3.8, 4) is 0 Å². The lowest BCUT2D eigenvalue weighted by Crippen LogP contribution is -2.51. The molecule has 41 heavy (non-hydrogen) atoms. The molecule has 0 saturated heterocycles. The third-order valence-corrected chi connectivity index (χ3v) is 8.44. The second-order valence-electron chi connectivity index (χ2n) is 11.2. The van der Waals surface area contributed by atoms with Crippen molar-refractivity contribution in [1.29, 1.82) is 0 Å². The lowest BCUT2D eigenvalue weighted by molar-refractivity contribution is -0.132. The summed E-state index contributed by atoms with van der Waals surface area (Å²) >= 11 is 6.02. The minimum atomic E-state index is -0.793. The maximum absolute atomic E-state index is 13.4. The molecule has 2 aromatic rings. The fraction of sp³-hybridized carbons (Fsp3) is 0.531. The quantitative estimate of drug-likeness (QED) is 0.352. The summed E-state index contributed by atoms with van der Waals surface area (Å²) in [6.07, 6.45) is 7.45. The number of ether oxygens (including phenoxy) is 1. The largest absolute Gasteiger partial charge is 0.445 e. The van der Waals surface area contributed by atoms with E-state index in [4.69, 9.17) is 16.3 Å². The summed E-state index contributed by atoms with van der Waals surface area (Å²) in [6.45, 7) is 1.07. The van der Waals surface area contributed by atoms with Crippen LogP contribution in [0.25, 0.3) is 0 Å². The van der Waals surface area contributed by atoms with Crippen LogP contribution in [-0.4, -0.2) is 59.7 Å². The van der Waals surface area contributed by atoms with Gasteiger partial charge in [-0.2, -0.15) is 0 Å². The van der Waals surface area contributed by atoms with E-state index in [2.05, 4.69) is 22.8 Å². The molecule has 1 heterocycles. The van der Waals surface area contributed by atoms with Gasteiger partial charge in [-0.1, -0.05) is 80.1 Å². The number of halogens is 1. The molecule has 0 aromatic heterocycles. The van der Waals surface area contributed by atoms with Gasteiger partial charge >= 0.3 is 6.09 Å². The average molecular weight is 584 g/mol. The van der Waals surface area contributed by atoms with Crippen molar-refractivity contribution in [2.24, 2.45) is 5.92 Å². The normalized spacial score (nSPS) is 17.1. The standard InChI is InChI=1S/C32H42ClN3O5/c33-27-12-6-9-24(19-27)22-41-32(40)35-29(20-23-7-2-1-3-8-23)31(39)34-28(21-37)13-14-30(38)36-17-15-25-10-4-5-11-26(25)16-18-36/h4-6,9-12,19,23,28-29,37H,1-3,7-8,13-18,20-22H2,(H,34,39)(H,35,40)/t28-,29-/m0/s1. The van der Waals surface area contributed by atoms with E-state index in [0.717, 1.165) is 44.1 Å². The Hall–Kier alpha value is -3.10. The van der Waals surface area contributed by atoms with Crippen molar-refractivity contribution in [2.75, 3.05) is 19.7 Å². The average Bonchev–Trinajstić information content (AvgIpc) is 3.21. The van der Waals surface area contributed by atoms with Gasteiger partial charge in [0.2, 0.25) is 11.8 Å². The number of amides is 3. The van der Waals surface area contributed by atoms with Crippen molar-refractivity contribution in [1.82, 2.24) is 15.5 Å². The van der Waals surface area contributed by atoms with Crippen LogP contribution in [0.3, 0.4) is 0 Å². The fourth-order valence-electron chi connectivity index (χ4n) is 5.83. The van der Waals surface area contributed by atoms with Crippen molar-refractivity contribution in [3.05, 3.63) is 70.2 Å². The van der Waals surface area contributed by atoms with Gasteiger partial charge in [0.05, 0.1) is 12.6 Å². The number of carbonyl (C=O) groups is 3. The number of aliphatic hydroxyl groups is 1. The molecule has 222 valence electrons. The highest BCUT2D eigenvalue weighted by Gasteiger charge is 2.28. The molecule has 1 aliphatic heterocycles. The highest BCUT2D eigenvalue weighted by atomic mass is 35.5. The Balaban J connectivity index is 1.29. The van der Waals surface area contributed by atoms with Gasteiger partial charge in [-0.15, -0.1) is 0 Å². The number of hydrogen-bond donors (Lipinski definition) is 3. The number of nitrogens with zero attached hydrogens (tertiary/aromatic N) is 1. The summed E-state index contributed by atoms with van der Waals surface area (Å²) in [5, 5.41) is 16.2. The molecule has 0 radical (unpaired) electrons. The maximum atomic E-state index is 13.4. The molecule has 2 aliphatic rings. The van der Waals surface area contributed by atoms with E-state index in [1.54, 1.807) is 18.2 Å². The van der Waals surface area contributed by atoms with Crippen LogP contribution < -0.4 is 10.6 Å². The fourth-order valence-corrected chi connectivity index (χ4v) is 6.04. The number of alkyl carbamates (subject to hydrolysis) is 1. The number of nitrogens with one attached hydrogen (secondary N) is 2. The van der Waals surface area contributed by atoms with E-state index in [-0.39, 0.29) is 31.4 Å². The number of hydrogen-bond acceptors (Lipinski definition) is 5. The van der Waals surface area contributed by atoms with Crippen LogP contribution in [0.4, 0.5) is 4.79 Å². The predicted molar refractivity (Wildman–Crippen MR) is 158 cm³/mol. The van der Waals surface area contributed by atoms with E-state index in [0.29, 0.717) is 36.9 Å². The number of aliphatic hydroxyl groups excluding tert-OH is 1. The topological polar surface area (TPSA) is 108 Å². The number of rotatable bonds is 11. The van der Waals surface area contributed by atoms with Crippen LogP contribution in [-0.2, 0) is 33.8 Å². The summed E-state index contributed by atoms with van der Waals surface area (Å²) < 4.78 is 5.38. The summed E-state index contributed by atoms with van der Waals surface area (Å²) in [5.41, 5.74) is 3.32. The maximum Gasteiger partial charge on any atom is 0.408 e. The lowest BCUT2D eigenvalue weighted by Gasteiger charge is -2.28. The zero-order valence-electron chi connectivity index (χ0n) is 23.7. The van der Waals surface area contributed by atoms with E-state index >= 15 is 0 Å². The van der Waals surface area contributed by atoms with Crippen molar-refractivity contribution >= 4 is 29.5 Å². The number of carbonyl (C=O) groups excluding carboxylic acids is 3. The smallest absolute Gasteiger partial charge is 0.408 e. The molecule has 0 bridgehead atoms. The van der Waals surface area contributed by atoms with Gasteiger partial charge in [0, 0.05) is 24.5 Å². The van der Waals surface area contributed by atoms with Crippen molar-refractivity contribution in [2.45, 2.75) is 82.9 Å². The number of benzene rings is 2. The van der Waals surface area contributed by atoms with E-state index in [9.17, 15) is 19.5 Å². The molecule has 3 amide bonds. The van der Waals surface area contributed by atoms with Gasteiger partial charge in [0.25, 0.3) is 0 Å². The Kier molecular flexibility index (Phi) is 11.9. The Bertz CT molecular complexity index is 1140. The van der Waals surface area contributed by atoms with Crippen LogP contribution in [0.1, 0.15) is 68.1 Å². The first-order chi connectivity index (χ1) is 19.9. The zero-order chi connectivity index (χ0) is 29.0. The van der Waals surface area contributed by atoms with Gasteiger partial charge in [0.15, 0.2) is 0 Å². The van der Waals surface area contributed by atoms with Crippen LogP contribution in [0.2, 0.25) is 5.02 Å². The van der Waals surface area contributed by atoms with Gasteiger partial charge in [-0.25, -0.2) is 4.79 Å². The van der Waals surface area contributed by atoms with Gasteiger partial charge < -0.3 is 25.4 Å². The molecule has 8 nitrogen and oxygen atoms in total. The molecule has 1 fully saturated rings. The Morgan fingerprint density at radius 3 is 2.34 bits per heavy atom. The summed E-state index contributed by atoms with van der Waals surface area (Å²) in [6, 6.07) is 14.0. The van der Waals surface area contributed by atoms with Crippen LogP contribution in [0, 0.1) is 5.92 Å². The summed E-state index contributed by atoms with van der Waals surface area (Å²) in [5.74, 6) is -0.0203. The molecule has 3 N–H and O–H groups in total. The molecule has 9 heteroatoms. The molecular weight excluding hydrogens is 542 g/mol. The van der Waals surface area contributed by atoms with Crippen LogP contribution in [0.15, 0.2) is 48.5 Å². The predicted octanol–water partition coefficient (Wildman–Crippen LogP) is 4.79. The minimum absolute atomic E-state index is 0.0204. The molecule has 1 saturated carbocycles. The van der Waals surface area contributed by atoms with Crippen LogP contribution >= 0.6 is 11.6 Å². The van der Waals surface area contributed by atoms with E-state index < -0.39 is 18.2 Å². The Morgan fingerprint density at radius 1 is 0.976 bits per heavy atom. The van der Waals surface area contributed by atoms with Gasteiger partial charge in [-0.05, 0) is 60.4 Å². The molecule has 0 unspecified atom stereocenters. The third kappa shape index (κ3) is 9.75. The molecule has 2 atom stereocenters. The Labute approximate surface area is 247 Å². The summed E-state index contributed by atoms with van der Waals surface area (Å²) in [4.78, 5) is 40.9. The first-order valence-corrected chi connectivity index (χ1v) is 15.2. The van der Waals surface area contributed by atoms with Crippen LogP contribution in [0.5, 0.6) is 0 Å². The van der Waals surface area contributed by atoms with Crippen molar-refractivity contribution < 1.29 is 24.2 Å². The summed E-state index contributed by atoms with van der Waals surface area (Å²) in [7, 11) is 0. The van der Waals surface area contributed by atoms with Gasteiger partial charge in [-0.3, -0.25) is 9.59 Å². The molecule has 1 aliphatic carbocycles. The first-order valence-electron chi connectivity index (χ1n) is 14.8. The molecule has 0 spiro atoms. The SMILES string of the molecule is O=C(N[C@@H](CC1CCCCC1)C(=O)N[C@H](CO)CCC(=O)N1CCc2ccccc2CC1)OCc1cccc(Cl)c1. The second kappa shape index (κ2) is 15.8. The second-order valence-corrected chi connectivity index (χ2v) is 11.7. The van der Waals surface area contributed by atoms with E-state index in [1.165, 1.54) is 17.5 Å². The monoisotopic (exact) mass is 583 g/mol. The highest BCUT2D eigenvalue weighted by Crippen LogP contribution is 2.27. The zero-order valence-corrected chi connectivity index (χ0v) is 24.4. The highest BCUT2D eigenvalue weighted by molar-refractivity contribution is 6.30. The molecule has 4 rings (SSSR count). The first kappa shape index (κ1) is 30.8. The third-order valence-electron chi connectivity index (χ3n) is 8.21. The molecule has 2 aromatic carbocycles. The lowest BCUT2D eigenvalue weighted by atomic mass is 9.84. The molecular formula is C32H42ClN3O5. The number of fused-ring (bicyclic) bond motifs is 1. The minimum Gasteiger partial charge on any atom is -0.445 e. The van der Waals surface area contributed by atoms with Crippen molar-refractivity contribution in [3.63, 3.8) is 0 Å².